The summed E-state index contributed by atoms with van der Waals surface area (Å²) in [6.45, 7) is 13.6. The summed E-state index contributed by atoms with van der Waals surface area (Å²) in [6, 6.07) is 8.20. The van der Waals surface area contributed by atoms with Crippen molar-refractivity contribution in [2.75, 3.05) is 39.8 Å². The highest BCUT2D eigenvalue weighted by molar-refractivity contribution is 14.0. The van der Waals surface area contributed by atoms with Crippen molar-refractivity contribution in [2.24, 2.45) is 10.9 Å². The second-order valence-electron chi connectivity index (χ2n) is 7.91. The lowest BCUT2D eigenvalue weighted by atomic mass is 10.0. The molecule has 1 aromatic carbocycles. The van der Waals surface area contributed by atoms with Crippen LogP contribution in [0.3, 0.4) is 0 Å². The first kappa shape index (κ1) is 25.8. The van der Waals surface area contributed by atoms with Crippen LogP contribution in [0.25, 0.3) is 0 Å². The molecular formula is C22H39IN4O2. The summed E-state index contributed by atoms with van der Waals surface area (Å²) < 4.78 is 11.4. The van der Waals surface area contributed by atoms with Gasteiger partial charge in [0.2, 0.25) is 0 Å². The number of hydrogen-bond acceptors (Lipinski definition) is 4. The molecule has 2 rings (SSSR count). The van der Waals surface area contributed by atoms with E-state index >= 15 is 0 Å². The minimum absolute atomic E-state index is 0. The molecule has 0 radical (unpaired) electrons. The number of nitrogens with zero attached hydrogens (tertiary/aromatic N) is 2. The Labute approximate surface area is 193 Å². The molecule has 1 aromatic rings. The van der Waals surface area contributed by atoms with E-state index in [9.17, 15) is 0 Å². The van der Waals surface area contributed by atoms with E-state index in [0.29, 0.717) is 12.6 Å². The maximum absolute atomic E-state index is 6.01. The van der Waals surface area contributed by atoms with Crippen molar-refractivity contribution < 1.29 is 9.47 Å². The molecule has 1 aliphatic heterocycles. The van der Waals surface area contributed by atoms with E-state index in [4.69, 9.17) is 14.5 Å². The van der Waals surface area contributed by atoms with Crippen molar-refractivity contribution >= 4 is 29.9 Å². The Kier molecular flexibility index (Phi) is 12.4. The molecule has 1 aliphatic rings. The number of methoxy groups -OCH3 is 1. The number of guanidine groups is 1. The summed E-state index contributed by atoms with van der Waals surface area (Å²) in [7, 11) is 1.66. The lowest BCUT2D eigenvalue weighted by Crippen LogP contribution is -2.49. The zero-order chi connectivity index (χ0) is 20.4. The monoisotopic (exact) mass is 518 g/mol. The quantitative estimate of drug-likeness (QED) is 0.296. The molecule has 1 heterocycles. The van der Waals surface area contributed by atoms with Gasteiger partial charge in [-0.3, -0.25) is 0 Å². The second-order valence-corrected chi connectivity index (χ2v) is 7.91. The van der Waals surface area contributed by atoms with E-state index in [1.54, 1.807) is 7.11 Å². The zero-order valence-electron chi connectivity index (χ0n) is 18.6. The predicted octanol–water partition coefficient (Wildman–Crippen LogP) is 3.76. The van der Waals surface area contributed by atoms with Crippen LogP contribution in [0.2, 0.25) is 0 Å². The minimum atomic E-state index is -0.0420. The van der Waals surface area contributed by atoms with E-state index in [0.717, 1.165) is 55.9 Å². The number of para-hydroxylation sites is 2. The molecule has 166 valence electrons. The van der Waals surface area contributed by atoms with Crippen molar-refractivity contribution in [1.29, 1.82) is 0 Å². The molecule has 0 aromatic heterocycles. The number of aliphatic imine (C=N–C) groups is 1. The maximum atomic E-state index is 6.01. The number of hydrogen-bond donors (Lipinski definition) is 2. The predicted molar refractivity (Wildman–Crippen MR) is 132 cm³/mol. The van der Waals surface area contributed by atoms with E-state index in [1.807, 2.05) is 31.2 Å². The van der Waals surface area contributed by atoms with Gasteiger partial charge in [-0.1, -0.05) is 26.0 Å². The summed E-state index contributed by atoms with van der Waals surface area (Å²) >= 11 is 0. The van der Waals surface area contributed by atoms with Crippen molar-refractivity contribution in [2.45, 2.75) is 52.7 Å². The highest BCUT2D eigenvalue weighted by atomic mass is 127. The van der Waals surface area contributed by atoms with Crippen molar-refractivity contribution in [3.05, 3.63) is 24.3 Å². The van der Waals surface area contributed by atoms with E-state index in [1.165, 1.54) is 6.54 Å². The molecule has 0 aliphatic carbocycles. The molecule has 1 fully saturated rings. The lowest BCUT2D eigenvalue weighted by molar-refractivity contribution is 0.186. The number of benzene rings is 1. The highest BCUT2D eigenvalue weighted by Crippen LogP contribution is 2.26. The normalized spacial score (nSPS) is 16.8. The molecule has 1 unspecified atom stereocenters. The van der Waals surface area contributed by atoms with Gasteiger partial charge in [0.1, 0.15) is 6.10 Å². The van der Waals surface area contributed by atoms with Crippen LogP contribution in [0, 0.1) is 5.92 Å². The Morgan fingerprint density at radius 1 is 1.17 bits per heavy atom. The van der Waals surface area contributed by atoms with Crippen LogP contribution in [0.1, 0.15) is 40.5 Å². The van der Waals surface area contributed by atoms with E-state index in [2.05, 4.69) is 36.3 Å². The molecule has 29 heavy (non-hydrogen) atoms. The first-order valence-electron chi connectivity index (χ1n) is 10.6. The highest BCUT2D eigenvalue weighted by Gasteiger charge is 2.20. The van der Waals surface area contributed by atoms with Gasteiger partial charge in [0.25, 0.3) is 0 Å². The Morgan fingerprint density at radius 2 is 1.83 bits per heavy atom. The maximum Gasteiger partial charge on any atom is 0.191 e. The SMILES string of the molecule is CCNC(=NCC(C)Oc1ccccc1OC)NC1CCN(CC(C)C)CC1.I. The van der Waals surface area contributed by atoms with Gasteiger partial charge < -0.3 is 25.0 Å². The number of nitrogens with one attached hydrogen (secondary N) is 2. The first-order valence-corrected chi connectivity index (χ1v) is 10.6. The lowest BCUT2D eigenvalue weighted by Gasteiger charge is -2.34. The molecule has 7 heteroatoms. The Hall–Kier alpha value is -1.22. The fourth-order valence-electron chi connectivity index (χ4n) is 3.48. The average Bonchev–Trinajstić information content (AvgIpc) is 2.68. The topological polar surface area (TPSA) is 58.1 Å². The van der Waals surface area contributed by atoms with Gasteiger partial charge in [0, 0.05) is 32.2 Å². The standard InChI is InChI=1S/C22H38N4O2.HI/c1-6-23-22(25-19-11-13-26(14-12-19)16-17(2)3)24-15-18(4)28-21-10-8-7-9-20(21)27-5;/h7-10,17-19H,6,11-16H2,1-5H3,(H2,23,24,25);1H. The third-order valence-electron chi connectivity index (χ3n) is 4.80. The summed E-state index contributed by atoms with van der Waals surface area (Å²) in [4.78, 5) is 7.31. The summed E-state index contributed by atoms with van der Waals surface area (Å²) in [5.41, 5.74) is 0. The fourth-order valence-corrected chi connectivity index (χ4v) is 3.48. The van der Waals surface area contributed by atoms with E-state index < -0.39 is 0 Å². The molecular weight excluding hydrogens is 479 g/mol. The molecule has 2 N–H and O–H groups in total. The Morgan fingerprint density at radius 3 is 2.41 bits per heavy atom. The van der Waals surface area contributed by atoms with Crippen molar-refractivity contribution in [1.82, 2.24) is 15.5 Å². The summed E-state index contributed by atoms with van der Waals surface area (Å²) in [5, 5.41) is 6.96. The van der Waals surface area contributed by atoms with Crippen LogP contribution in [-0.4, -0.2) is 62.8 Å². The van der Waals surface area contributed by atoms with Crippen LogP contribution < -0.4 is 20.1 Å². The molecule has 0 spiro atoms. The van der Waals surface area contributed by atoms with Gasteiger partial charge in [-0.15, -0.1) is 24.0 Å². The number of piperidine rings is 1. The van der Waals surface area contributed by atoms with Gasteiger partial charge >= 0.3 is 0 Å². The molecule has 0 amide bonds. The number of halogens is 1. The number of rotatable bonds is 9. The minimum Gasteiger partial charge on any atom is -0.493 e. The fraction of sp³-hybridized carbons (Fsp3) is 0.682. The van der Waals surface area contributed by atoms with Gasteiger partial charge in [-0.05, 0) is 44.7 Å². The zero-order valence-corrected chi connectivity index (χ0v) is 20.9. The molecule has 0 bridgehead atoms. The average molecular weight is 518 g/mol. The first-order chi connectivity index (χ1) is 13.5. The third-order valence-corrected chi connectivity index (χ3v) is 4.80. The van der Waals surface area contributed by atoms with Crippen LogP contribution in [-0.2, 0) is 0 Å². The molecule has 6 nitrogen and oxygen atoms in total. The smallest absolute Gasteiger partial charge is 0.191 e. The van der Waals surface area contributed by atoms with Crippen LogP contribution in [0.4, 0.5) is 0 Å². The third kappa shape index (κ3) is 9.42. The van der Waals surface area contributed by atoms with Crippen molar-refractivity contribution in [3.63, 3.8) is 0 Å². The van der Waals surface area contributed by atoms with Crippen LogP contribution in [0.5, 0.6) is 11.5 Å². The molecule has 1 saturated heterocycles. The summed E-state index contributed by atoms with van der Waals surface area (Å²) in [6.07, 6.45) is 2.27. The van der Waals surface area contributed by atoms with Crippen molar-refractivity contribution in [3.8, 4) is 11.5 Å². The summed E-state index contributed by atoms with van der Waals surface area (Å²) in [5.74, 6) is 3.10. The van der Waals surface area contributed by atoms with Gasteiger partial charge in [-0.25, -0.2) is 4.99 Å². The number of likely N-dealkylation sites (tertiary alicyclic amines) is 1. The second kappa shape index (κ2) is 13.9. The molecule has 0 saturated carbocycles. The van der Waals surface area contributed by atoms with Crippen LogP contribution >= 0.6 is 24.0 Å². The largest absolute Gasteiger partial charge is 0.493 e. The number of ether oxygens (including phenoxy) is 2. The van der Waals surface area contributed by atoms with E-state index in [-0.39, 0.29) is 30.1 Å². The van der Waals surface area contributed by atoms with Gasteiger partial charge in [0.15, 0.2) is 17.5 Å². The van der Waals surface area contributed by atoms with Gasteiger partial charge in [-0.2, -0.15) is 0 Å². The Bertz CT molecular complexity index is 604. The molecule has 1 atom stereocenters. The Balaban J connectivity index is 0.00000420. The van der Waals surface area contributed by atoms with Gasteiger partial charge in [0.05, 0.1) is 13.7 Å². The van der Waals surface area contributed by atoms with Crippen LogP contribution in [0.15, 0.2) is 29.3 Å².